The molecule has 2 rings (SSSR count). The first-order chi connectivity index (χ1) is 9.13. The van der Waals surface area contributed by atoms with Gasteiger partial charge in [0.25, 0.3) is 0 Å². The largest absolute Gasteiger partial charge is 0.390 e. The molecule has 1 aromatic heterocycles. The standard InChI is InChI=1S/C14H23N3O2/c1-10(2)14-15-8-13(12(9-18)16-14)17(3)11-4-6-19-7-5-11/h8,10-11,18H,4-7,9H2,1-3H3. The predicted octanol–water partition coefficient (Wildman–Crippen LogP) is 1.71. The topological polar surface area (TPSA) is 58.5 Å². The molecular formula is C14H23N3O2. The van der Waals surface area contributed by atoms with Crippen molar-refractivity contribution in [2.45, 2.75) is 45.3 Å². The summed E-state index contributed by atoms with van der Waals surface area (Å²) >= 11 is 0. The summed E-state index contributed by atoms with van der Waals surface area (Å²) in [7, 11) is 2.04. The highest BCUT2D eigenvalue weighted by atomic mass is 16.5. The fraction of sp³-hybridized carbons (Fsp3) is 0.714. The van der Waals surface area contributed by atoms with Crippen molar-refractivity contribution in [1.82, 2.24) is 9.97 Å². The van der Waals surface area contributed by atoms with Crippen LogP contribution in [0.3, 0.4) is 0 Å². The Kier molecular flexibility index (Phi) is 4.71. The number of aromatic nitrogens is 2. The molecule has 0 radical (unpaired) electrons. The van der Waals surface area contributed by atoms with Crippen molar-refractivity contribution in [1.29, 1.82) is 0 Å². The normalized spacial score (nSPS) is 16.9. The molecule has 1 saturated heterocycles. The Morgan fingerprint density at radius 1 is 1.42 bits per heavy atom. The summed E-state index contributed by atoms with van der Waals surface area (Å²) in [5.74, 6) is 1.06. The first-order valence-electron chi connectivity index (χ1n) is 6.90. The van der Waals surface area contributed by atoms with Crippen LogP contribution in [0.4, 0.5) is 5.69 Å². The SMILES string of the molecule is CC(C)c1ncc(N(C)C2CCOCC2)c(CO)n1. The Hall–Kier alpha value is -1.20. The number of ether oxygens (including phenoxy) is 1. The van der Waals surface area contributed by atoms with E-state index in [2.05, 4.69) is 28.7 Å². The molecule has 0 spiro atoms. The monoisotopic (exact) mass is 265 g/mol. The third kappa shape index (κ3) is 3.22. The highest BCUT2D eigenvalue weighted by molar-refractivity contribution is 5.49. The summed E-state index contributed by atoms with van der Waals surface area (Å²) in [4.78, 5) is 11.1. The zero-order valence-corrected chi connectivity index (χ0v) is 12.0. The molecular weight excluding hydrogens is 242 g/mol. The zero-order chi connectivity index (χ0) is 13.8. The second-order valence-corrected chi connectivity index (χ2v) is 5.33. The molecule has 1 fully saturated rings. The third-order valence-electron chi connectivity index (χ3n) is 3.65. The minimum Gasteiger partial charge on any atom is -0.390 e. The highest BCUT2D eigenvalue weighted by Gasteiger charge is 2.21. The van der Waals surface area contributed by atoms with Crippen molar-refractivity contribution in [3.8, 4) is 0 Å². The summed E-state index contributed by atoms with van der Waals surface area (Å²) in [6.07, 6.45) is 3.85. The lowest BCUT2D eigenvalue weighted by Crippen LogP contribution is -2.37. The molecule has 5 nitrogen and oxygen atoms in total. The summed E-state index contributed by atoms with van der Waals surface area (Å²) in [6, 6.07) is 0.438. The van der Waals surface area contributed by atoms with Gasteiger partial charge < -0.3 is 14.7 Å². The molecule has 0 aliphatic carbocycles. The molecule has 0 aromatic carbocycles. The number of hydrogen-bond donors (Lipinski definition) is 1. The molecule has 1 aliphatic rings. The van der Waals surface area contributed by atoms with Crippen LogP contribution in [0.5, 0.6) is 0 Å². The molecule has 5 heteroatoms. The second kappa shape index (κ2) is 6.30. The molecule has 0 bridgehead atoms. The molecule has 106 valence electrons. The maximum atomic E-state index is 9.53. The van der Waals surface area contributed by atoms with Gasteiger partial charge in [-0.1, -0.05) is 13.8 Å². The zero-order valence-electron chi connectivity index (χ0n) is 12.0. The van der Waals surface area contributed by atoms with Crippen LogP contribution in [0.2, 0.25) is 0 Å². The lowest BCUT2D eigenvalue weighted by molar-refractivity contribution is 0.0854. The van der Waals surface area contributed by atoms with Gasteiger partial charge in [-0.2, -0.15) is 0 Å². The first-order valence-corrected chi connectivity index (χ1v) is 6.90. The van der Waals surface area contributed by atoms with Gasteiger partial charge in [-0.15, -0.1) is 0 Å². The summed E-state index contributed by atoms with van der Waals surface area (Å²) < 4.78 is 5.39. The smallest absolute Gasteiger partial charge is 0.131 e. The van der Waals surface area contributed by atoms with Crippen LogP contribution >= 0.6 is 0 Å². The lowest BCUT2D eigenvalue weighted by atomic mass is 10.1. The molecule has 2 heterocycles. The fourth-order valence-corrected chi connectivity index (χ4v) is 2.38. The molecule has 0 unspecified atom stereocenters. The van der Waals surface area contributed by atoms with Crippen molar-refractivity contribution in [3.63, 3.8) is 0 Å². The number of rotatable bonds is 4. The van der Waals surface area contributed by atoms with E-state index in [1.54, 1.807) is 0 Å². The maximum absolute atomic E-state index is 9.53. The van der Waals surface area contributed by atoms with E-state index in [1.165, 1.54) is 0 Å². The molecule has 0 saturated carbocycles. The van der Waals surface area contributed by atoms with Crippen LogP contribution in [0.25, 0.3) is 0 Å². The van der Waals surface area contributed by atoms with Crippen molar-refractivity contribution >= 4 is 5.69 Å². The van der Waals surface area contributed by atoms with Gasteiger partial charge in [-0.3, -0.25) is 0 Å². The molecule has 1 aromatic rings. The van der Waals surface area contributed by atoms with E-state index in [4.69, 9.17) is 4.74 Å². The van der Waals surface area contributed by atoms with Gasteiger partial charge in [0.05, 0.1) is 24.2 Å². The van der Waals surface area contributed by atoms with Gasteiger partial charge in [0.15, 0.2) is 0 Å². The van der Waals surface area contributed by atoms with Gasteiger partial charge in [0.2, 0.25) is 0 Å². The van der Waals surface area contributed by atoms with E-state index >= 15 is 0 Å². The molecule has 0 atom stereocenters. The van der Waals surface area contributed by atoms with Crippen LogP contribution in [-0.4, -0.2) is 41.4 Å². The van der Waals surface area contributed by atoms with Crippen molar-refractivity contribution in [2.75, 3.05) is 25.2 Å². The summed E-state index contributed by atoms with van der Waals surface area (Å²) in [6.45, 7) is 5.66. The van der Waals surface area contributed by atoms with Gasteiger partial charge in [-0.25, -0.2) is 9.97 Å². The van der Waals surface area contributed by atoms with Crippen molar-refractivity contribution in [3.05, 3.63) is 17.7 Å². The van der Waals surface area contributed by atoms with E-state index in [-0.39, 0.29) is 12.5 Å². The summed E-state index contributed by atoms with van der Waals surface area (Å²) in [5.41, 5.74) is 1.64. The van der Waals surface area contributed by atoms with Crippen LogP contribution in [0, 0.1) is 0 Å². The second-order valence-electron chi connectivity index (χ2n) is 5.33. The van der Waals surface area contributed by atoms with Crippen molar-refractivity contribution < 1.29 is 9.84 Å². The van der Waals surface area contributed by atoms with Crippen LogP contribution in [0.1, 0.15) is 44.1 Å². The predicted molar refractivity (Wildman–Crippen MR) is 74.3 cm³/mol. The van der Waals surface area contributed by atoms with E-state index in [9.17, 15) is 5.11 Å². The molecule has 1 N–H and O–H groups in total. The van der Waals surface area contributed by atoms with Crippen LogP contribution < -0.4 is 4.90 Å². The van der Waals surface area contributed by atoms with Crippen molar-refractivity contribution in [2.24, 2.45) is 0 Å². The fourth-order valence-electron chi connectivity index (χ4n) is 2.38. The minimum absolute atomic E-state index is 0.0505. The number of hydrogen-bond acceptors (Lipinski definition) is 5. The lowest BCUT2D eigenvalue weighted by Gasteiger charge is -2.33. The average Bonchev–Trinajstić information content (AvgIpc) is 2.46. The molecule has 19 heavy (non-hydrogen) atoms. The number of anilines is 1. The average molecular weight is 265 g/mol. The number of nitrogens with zero attached hydrogens (tertiary/aromatic N) is 3. The van der Waals surface area contributed by atoms with Gasteiger partial charge >= 0.3 is 0 Å². The highest BCUT2D eigenvalue weighted by Crippen LogP contribution is 2.24. The quantitative estimate of drug-likeness (QED) is 0.898. The molecule has 1 aliphatic heterocycles. The maximum Gasteiger partial charge on any atom is 0.131 e. The van der Waals surface area contributed by atoms with Gasteiger partial charge in [0.1, 0.15) is 5.82 Å². The van der Waals surface area contributed by atoms with E-state index in [1.807, 2.05) is 13.2 Å². The Labute approximate surface area is 114 Å². The Morgan fingerprint density at radius 3 is 2.68 bits per heavy atom. The molecule has 0 amide bonds. The summed E-state index contributed by atoms with van der Waals surface area (Å²) in [5, 5.41) is 9.53. The third-order valence-corrected chi connectivity index (χ3v) is 3.65. The minimum atomic E-state index is -0.0505. The van der Waals surface area contributed by atoms with Gasteiger partial charge in [0, 0.05) is 32.2 Å². The number of aliphatic hydroxyl groups is 1. The first kappa shape index (κ1) is 14.2. The Morgan fingerprint density at radius 2 is 2.11 bits per heavy atom. The Bertz CT molecular complexity index is 417. The van der Waals surface area contributed by atoms with E-state index in [0.29, 0.717) is 11.7 Å². The van der Waals surface area contributed by atoms with E-state index in [0.717, 1.165) is 37.6 Å². The Balaban J connectivity index is 2.22. The van der Waals surface area contributed by atoms with E-state index < -0.39 is 0 Å². The van der Waals surface area contributed by atoms with Gasteiger partial charge in [-0.05, 0) is 12.8 Å². The van der Waals surface area contributed by atoms with Crippen LogP contribution in [0.15, 0.2) is 6.20 Å². The number of aliphatic hydroxyl groups excluding tert-OH is 1. The van der Waals surface area contributed by atoms with Crippen LogP contribution in [-0.2, 0) is 11.3 Å².